The van der Waals surface area contributed by atoms with Crippen LogP contribution in [0.3, 0.4) is 0 Å². The van der Waals surface area contributed by atoms with E-state index in [1.54, 1.807) is 13.2 Å². The lowest BCUT2D eigenvalue weighted by atomic mass is 9.98. The standard InChI is InChI=1S/C16H16BrClFNO/c1-20-15(7-10-3-5-11(18)6-4-10)12-8-13(17)14(19)9-16(12)21-2/h3-6,8-9,15,20H,7H2,1-2H3. The monoisotopic (exact) mass is 371 g/mol. The SMILES string of the molecule is CNC(Cc1ccc(Cl)cc1)c1cc(Br)c(F)cc1OC. The normalized spacial score (nSPS) is 12.2. The van der Waals surface area contributed by atoms with Gasteiger partial charge in [0.2, 0.25) is 0 Å². The number of methoxy groups -OCH3 is 1. The number of likely N-dealkylation sites (N-methyl/N-ethyl adjacent to an activating group) is 1. The van der Waals surface area contributed by atoms with Crippen LogP contribution in [0.15, 0.2) is 40.9 Å². The molecule has 0 saturated heterocycles. The molecule has 0 fully saturated rings. The van der Waals surface area contributed by atoms with Crippen LogP contribution in [-0.2, 0) is 6.42 Å². The van der Waals surface area contributed by atoms with Crippen LogP contribution < -0.4 is 10.1 Å². The molecular formula is C16H16BrClFNO. The molecule has 0 heterocycles. The maximum Gasteiger partial charge on any atom is 0.141 e. The Morgan fingerprint density at radius 3 is 2.52 bits per heavy atom. The van der Waals surface area contributed by atoms with Gasteiger partial charge in [-0.15, -0.1) is 0 Å². The fourth-order valence-electron chi connectivity index (χ4n) is 2.22. The zero-order valence-corrected chi connectivity index (χ0v) is 14.1. The third kappa shape index (κ3) is 3.96. The largest absolute Gasteiger partial charge is 0.496 e. The Balaban J connectivity index is 2.32. The third-order valence-electron chi connectivity index (χ3n) is 3.35. The highest BCUT2D eigenvalue weighted by Gasteiger charge is 2.17. The van der Waals surface area contributed by atoms with Crippen LogP contribution in [0.5, 0.6) is 5.75 Å². The first-order valence-corrected chi connectivity index (χ1v) is 7.67. The molecule has 2 aromatic carbocycles. The molecule has 21 heavy (non-hydrogen) atoms. The van der Waals surface area contributed by atoms with Crippen LogP contribution in [0.2, 0.25) is 5.02 Å². The summed E-state index contributed by atoms with van der Waals surface area (Å²) in [6.07, 6.45) is 0.752. The van der Waals surface area contributed by atoms with Gasteiger partial charge in [0.25, 0.3) is 0 Å². The molecule has 2 aromatic rings. The summed E-state index contributed by atoms with van der Waals surface area (Å²) in [7, 11) is 3.42. The number of hydrogen-bond acceptors (Lipinski definition) is 2. The van der Waals surface area contributed by atoms with E-state index in [-0.39, 0.29) is 11.9 Å². The summed E-state index contributed by atoms with van der Waals surface area (Å²) in [5.41, 5.74) is 2.05. The van der Waals surface area contributed by atoms with Gasteiger partial charge in [-0.3, -0.25) is 0 Å². The van der Waals surface area contributed by atoms with Gasteiger partial charge in [0.15, 0.2) is 0 Å². The summed E-state index contributed by atoms with van der Waals surface area (Å²) in [6, 6.07) is 10.9. The fraction of sp³-hybridized carbons (Fsp3) is 0.250. The molecule has 5 heteroatoms. The minimum atomic E-state index is -0.336. The Bertz CT molecular complexity index is 618. The third-order valence-corrected chi connectivity index (χ3v) is 4.21. The van der Waals surface area contributed by atoms with E-state index in [9.17, 15) is 4.39 Å². The van der Waals surface area contributed by atoms with Gasteiger partial charge in [-0.25, -0.2) is 4.39 Å². The minimum absolute atomic E-state index is 0.0121. The van der Waals surface area contributed by atoms with Crippen molar-refractivity contribution in [1.29, 1.82) is 0 Å². The van der Waals surface area contributed by atoms with Crippen LogP contribution >= 0.6 is 27.5 Å². The van der Waals surface area contributed by atoms with E-state index in [4.69, 9.17) is 16.3 Å². The second-order valence-corrected chi connectivity index (χ2v) is 5.97. The van der Waals surface area contributed by atoms with Crippen molar-refractivity contribution >= 4 is 27.5 Å². The lowest BCUT2D eigenvalue weighted by molar-refractivity contribution is 0.397. The number of ether oxygens (including phenoxy) is 1. The zero-order valence-electron chi connectivity index (χ0n) is 11.8. The molecule has 2 rings (SSSR count). The molecule has 1 atom stereocenters. The molecule has 0 amide bonds. The topological polar surface area (TPSA) is 21.3 Å². The molecule has 1 unspecified atom stereocenters. The van der Waals surface area contributed by atoms with Gasteiger partial charge < -0.3 is 10.1 Å². The van der Waals surface area contributed by atoms with Gasteiger partial charge in [-0.1, -0.05) is 23.7 Å². The highest BCUT2D eigenvalue weighted by Crippen LogP contribution is 2.32. The smallest absolute Gasteiger partial charge is 0.141 e. The average Bonchev–Trinajstić information content (AvgIpc) is 2.49. The van der Waals surface area contributed by atoms with E-state index in [1.807, 2.05) is 31.3 Å². The van der Waals surface area contributed by atoms with Gasteiger partial charge in [-0.05, 0) is 53.2 Å². The molecule has 0 aliphatic carbocycles. The first-order chi connectivity index (χ1) is 10.0. The Morgan fingerprint density at radius 1 is 1.29 bits per heavy atom. The Hall–Kier alpha value is -1.10. The summed E-state index contributed by atoms with van der Waals surface area (Å²) < 4.78 is 19.3. The van der Waals surface area contributed by atoms with Crippen molar-refractivity contribution in [2.24, 2.45) is 0 Å². The summed E-state index contributed by atoms with van der Waals surface area (Å²) in [5.74, 6) is 0.195. The van der Waals surface area contributed by atoms with Crippen molar-refractivity contribution in [3.05, 3.63) is 62.8 Å². The molecule has 0 radical (unpaired) electrons. The number of halogens is 3. The lowest BCUT2D eigenvalue weighted by Crippen LogP contribution is -2.19. The van der Waals surface area contributed by atoms with Crippen molar-refractivity contribution in [3.63, 3.8) is 0 Å². The molecule has 0 bridgehead atoms. The van der Waals surface area contributed by atoms with E-state index in [0.29, 0.717) is 15.2 Å². The van der Waals surface area contributed by atoms with Gasteiger partial charge >= 0.3 is 0 Å². The Kier molecular flexibility index (Phi) is 5.62. The minimum Gasteiger partial charge on any atom is -0.496 e. The number of hydrogen-bond donors (Lipinski definition) is 1. The second kappa shape index (κ2) is 7.25. The molecule has 0 aliphatic heterocycles. The molecule has 1 N–H and O–H groups in total. The Labute approximate surface area is 137 Å². The van der Waals surface area contributed by atoms with Crippen LogP contribution in [0.1, 0.15) is 17.2 Å². The van der Waals surface area contributed by atoms with E-state index < -0.39 is 0 Å². The van der Waals surface area contributed by atoms with E-state index in [0.717, 1.165) is 17.5 Å². The first-order valence-electron chi connectivity index (χ1n) is 6.49. The molecule has 112 valence electrons. The van der Waals surface area contributed by atoms with E-state index in [1.165, 1.54) is 6.07 Å². The molecule has 2 nitrogen and oxygen atoms in total. The quantitative estimate of drug-likeness (QED) is 0.817. The van der Waals surface area contributed by atoms with Gasteiger partial charge in [0, 0.05) is 22.7 Å². The molecular weight excluding hydrogens is 357 g/mol. The van der Waals surface area contributed by atoms with Crippen molar-refractivity contribution in [3.8, 4) is 5.75 Å². The van der Waals surface area contributed by atoms with Gasteiger partial charge in [0.1, 0.15) is 11.6 Å². The number of rotatable bonds is 5. The summed E-state index contributed by atoms with van der Waals surface area (Å²) in [6.45, 7) is 0. The first kappa shape index (κ1) is 16.3. The summed E-state index contributed by atoms with van der Waals surface area (Å²) in [4.78, 5) is 0. The van der Waals surface area contributed by atoms with Crippen molar-refractivity contribution in [1.82, 2.24) is 5.32 Å². The van der Waals surface area contributed by atoms with Crippen LogP contribution in [-0.4, -0.2) is 14.2 Å². The van der Waals surface area contributed by atoms with E-state index in [2.05, 4.69) is 21.2 Å². The second-order valence-electron chi connectivity index (χ2n) is 4.68. The zero-order chi connectivity index (χ0) is 15.4. The predicted octanol–water partition coefficient (Wildman–Crippen LogP) is 4.75. The maximum atomic E-state index is 13.6. The van der Waals surface area contributed by atoms with E-state index >= 15 is 0 Å². The van der Waals surface area contributed by atoms with Crippen molar-refractivity contribution < 1.29 is 9.13 Å². The fourth-order valence-corrected chi connectivity index (χ4v) is 2.70. The maximum absolute atomic E-state index is 13.6. The molecule has 0 aliphatic rings. The summed E-state index contributed by atoms with van der Waals surface area (Å²) in [5, 5.41) is 3.96. The number of benzene rings is 2. The molecule has 0 saturated carbocycles. The summed E-state index contributed by atoms with van der Waals surface area (Å²) >= 11 is 9.13. The molecule has 0 spiro atoms. The van der Waals surface area contributed by atoms with Crippen molar-refractivity contribution in [2.45, 2.75) is 12.5 Å². The molecule has 0 aromatic heterocycles. The Morgan fingerprint density at radius 2 is 1.95 bits per heavy atom. The van der Waals surface area contributed by atoms with Crippen molar-refractivity contribution in [2.75, 3.05) is 14.2 Å². The average molecular weight is 373 g/mol. The van der Waals surface area contributed by atoms with Crippen LogP contribution in [0.4, 0.5) is 4.39 Å². The van der Waals surface area contributed by atoms with Gasteiger partial charge in [-0.2, -0.15) is 0 Å². The van der Waals surface area contributed by atoms with Gasteiger partial charge in [0.05, 0.1) is 11.6 Å². The highest BCUT2D eigenvalue weighted by molar-refractivity contribution is 9.10. The van der Waals surface area contributed by atoms with Crippen LogP contribution in [0, 0.1) is 5.82 Å². The number of nitrogens with one attached hydrogen (secondary N) is 1. The lowest BCUT2D eigenvalue weighted by Gasteiger charge is -2.20. The predicted molar refractivity (Wildman–Crippen MR) is 87.6 cm³/mol. The van der Waals surface area contributed by atoms with Crippen LogP contribution in [0.25, 0.3) is 0 Å². The highest BCUT2D eigenvalue weighted by atomic mass is 79.9.